The summed E-state index contributed by atoms with van der Waals surface area (Å²) in [5.41, 5.74) is 7.70. The molecule has 0 saturated carbocycles. The van der Waals surface area contributed by atoms with E-state index in [0.29, 0.717) is 19.8 Å². The number of hydrogen-bond acceptors (Lipinski definition) is 6. The predicted molar refractivity (Wildman–Crippen MR) is 190 cm³/mol. The minimum atomic E-state index is -0.777. The molecule has 5 aromatic carbocycles. The molecule has 1 aliphatic carbocycles. The summed E-state index contributed by atoms with van der Waals surface area (Å²) in [5.74, 6) is 0. The second kappa shape index (κ2) is 16.3. The van der Waals surface area contributed by atoms with Crippen molar-refractivity contribution in [1.82, 2.24) is 0 Å². The van der Waals surface area contributed by atoms with Gasteiger partial charge >= 0.3 is 0 Å². The number of benzene rings is 5. The van der Waals surface area contributed by atoms with E-state index in [-0.39, 0.29) is 19.3 Å². The van der Waals surface area contributed by atoms with Gasteiger partial charge in [0.1, 0.15) is 30.5 Å². The number of fused-ring (bicyclic) bond motifs is 3. The van der Waals surface area contributed by atoms with Crippen LogP contribution in [-0.4, -0.2) is 43.9 Å². The largest absolute Gasteiger partial charge is 0.374 e. The molecule has 5 atom stereocenters. The summed E-state index contributed by atoms with van der Waals surface area (Å²) < 4.78 is 40.3. The maximum absolute atomic E-state index is 7.19. The van der Waals surface area contributed by atoms with Gasteiger partial charge in [-0.2, -0.15) is 0 Å². The molecule has 0 amide bonds. The van der Waals surface area contributed by atoms with Gasteiger partial charge < -0.3 is 28.4 Å². The van der Waals surface area contributed by atoms with Crippen molar-refractivity contribution < 1.29 is 28.4 Å². The number of rotatable bonds is 15. The summed E-state index contributed by atoms with van der Waals surface area (Å²) in [6, 6.07) is 47.2. The van der Waals surface area contributed by atoms with Crippen LogP contribution in [0.1, 0.15) is 33.9 Å². The van der Waals surface area contributed by atoms with Crippen molar-refractivity contribution in [3.05, 3.63) is 180 Å². The van der Waals surface area contributed by atoms with E-state index < -0.39 is 30.7 Å². The molecule has 0 N–H and O–H groups in total. The first-order valence-corrected chi connectivity index (χ1v) is 16.9. The minimum absolute atomic E-state index is 0.273. The van der Waals surface area contributed by atoms with Crippen LogP contribution in [0, 0.1) is 0 Å². The quantitative estimate of drug-likeness (QED) is 0.106. The normalized spacial score (nSPS) is 21.6. The van der Waals surface area contributed by atoms with Gasteiger partial charge in [-0.05, 0) is 38.9 Å². The van der Waals surface area contributed by atoms with E-state index in [4.69, 9.17) is 28.4 Å². The molecule has 49 heavy (non-hydrogen) atoms. The Hall–Kier alpha value is -4.40. The van der Waals surface area contributed by atoms with Gasteiger partial charge in [0.2, 0.25) is 0 Å². The van der Waals surface area contributed by atoms with Crippen molar-refractivity contribution in [2.24, 2.45) is 0 Å². The molecule has 0 aromatic heterocycles. The van der Waals surface area contributed by atoms with Crippen LogP contribution in [0.3, 0.4) is 0 Å². The topological polar surface area (TPSA) is 55.4 Å². The van der Waals surface area contributed by atoms with Gasteiger partial charge in [-0.3, -0.25) is 0 Å². The van der Waals surface area contributed by atoms with Gasteiger partial charge in [0.05, 0.1) is 33.0 Å². The van der Waals surface area contributed by atoms with Gasteiger partial charge in [0, 0.05) is 0 Å². The van der Waals surface area contributed by atoms with E-state index in [1.807, 2.05) is 66.7 Å². The van der Waals surface area contributed by atoms with Crippen LogP contribution in [0.2, 0.25) is 0 Å². The van der Waals surface area contributed by atoms with Crippen LogP contribution < -0.4 is 0 Å². The molecular weight excluding hydrogens is 612 g/mol. The molecule has 2 aliphatic rings. The second-order valence-electron chi connectivity index (χ2n) is 12.3. The molecule has 5 aromatic rings. The van der Waals surface area contributed by atoms with Crippen molar-refractivity contribution in [3.63, 3.8) is 0 Å². The first-order valence-electron chi connectivity index (χ1n) is 16.9. The highest BCUT2D eigenvalue weighted by Gasteiger charge is 2.50. The molecule has 1 heterocycles. The zero-order chi connectivity index (χ0) is 33.3. The highest BCUT2D eigenvalue weighted by Crippen LogP contribution is 2.47. The Morgan fingerprint density at radius 1 is 0.531 bits per heavy atom. The summed E-state index contributed by atoms with van der Waals surface area (Å²) in [6.45, 7) is 5.63. The Balaban J connectivity index is 1.24. The summed E-state index contributed by atoms with van der Waals surface area (Å²) in [6.07, 6.45) is -1.68. The Labute approximate surface area is 288 Å². The van der Waals surface area contributed by atoms with Crippen molar-refractivity contribution >= 4 is 0 Å². The monoisotopic (exact) mass is 654 g/mol. The summed E-state index contributed by atoms with van der Waals surface area (Å²) in [7, 11) is 0. The molecule has 250 valence electrons. The Morgan fingerprint density at radius 2 is 1.02 bits per heavy atom. The average molecular weight is 655 g/mol. The molecule has 0 radical (unpaired) electrons. The first kappa shape index (κ1) is 33.1. The number of hydrogen-bond donors (Lipinski definition) is 0. The third kappa shape index (κ3) is 7.92. The third-order valence-corrected chi connectivity index (χ3v) is 9.00. The van der Waals surface area contributed by atoms with Gasteiger partial charge in [-0.1, -0.05) is 146 Å². The summed E-state index contributed by atoms with van der Waals surface area (Å²) >= 11 is 0. The third-order valence-electron chi connectivity index (χ3n) is 9.00. The summed E-state index contributed by atoms with van der Waals surface area (Å²) in [4.78, 5) is 0. The van der Waals surface area contributed by atoms with Gasteiger partial charge in [0.15, 0.2) is 6.29 Å². The Morgan fingerprint density at radius 3 is 1.57 bits per heavy atom. The van der Waals surface area contributed by atoms with E-state index in [9.17, 15) is 0 Å². The molecule has 0 spiro atoms. The first-order chi connectivity index (χ1) is 24.3. The summed E-state index contributed by atoms with van der Waals surface area (Å²) in [5, 5.41) is 0. The lowest BCUT2D eigenvalue weighted by Gasteiger charge is -2.46. The standard InChI is InChI=1S/C43H42O6/c1-2-26-45-43-42(49-39-36-24-14-12-22-34(36)35-23-13-15-25-37(35)39)41(47-29-33-20-10-5-11-21-33)40(46-28-32-18-8-4-9-19-32)38(48-43)30-44-27-31-16-6-3-7-17-31/h2-25,38-43H,1,26-30H2/t38-,40-,41+,42-,43+/m1/s1. The Bertz CT molecular complexity index is 1720. The molecule has 0 unspecified atom stereocenters. The van der Waals surface area contributed by atoms with E-state index in [1.54, 1.807) is 6.08 Å². The second-order valence-corrected chi connectivity index (χ2v) is 12.3. The molecule has 1 fully saturated rings. The zero-order valence-electron chi connectivity index (χ0n) is 27.5. The van der Waals surface area contributed by atoms with Gasteiger partial charge in [0.25, 0.3) is 0 Å². The fourth-order valence-corrected chi connectivity index (χ4v) is 6.66. The fraction of sp³-hybridized carbons (Fsp3) is 0.256. The lowest BCUT2D eigenvalue weighted by molar-refractivity contribution is -0.329. The van der Waals surface area contributed by atoms with Crippen LogP contribution in [0.25, 0.3) is 11.1 Å². The van der Waals surface area contributed by atoms with Crippen LogP contribution in [0.4, 0.5) is 0 Å². The van der Waals surface area contributed by atoms with E-state index in [2.05, 4.69) is 79.4 Å². The van der Waals surface area contributed by atoms with Crippen LogP contribution in [0.15, 0.2) is 152 Å². The smallest absolute Gasteiger partial charge is 0.187 e. The molecular formula is C43H42O6. The maximum Gasteiger partial charge on any atom is 0.187 e. The average Bonchev–Trinajstić information content (AvgIpc) is 3.47. The van der Waals surface area contributed by atoms with Crippen LogP contribution >= 0.6 is 0 Å². The molecule has 1 aliphatic heterocycles. The SMILES string of the molecule is C=CCO[C@H]1O[C@H](COCc2ccccc2)[C@@H](OCc2ccccc2)[C@H](OCc2ccccc2)[C@H]1OC1c2ccccc2-c2ccccc21. The fourth-order valence-electron chi connectivity index (χ4n) is 6.66. The number of ether oxygens (including phenoxy) is 6. The molecule has 6 nitrogen and oxygen atoms in total. The highest BCUT2D eigenvalue weighted by molar-refractivity contribution is 5.78. The van der Waals surface area contributed by atoms with E-state index in [0.717, 1.165) is 38.9 Å². The zero-order valence-corrected chi connectivity index (χ0v) is 27.5. The van der Waals surface area contributed by atoms with E-state index in [1.165, 1.54) is 0 Å². The highest BCUT2D eigenvalue weighted by atomic mass is 16.7. The molecule has 7 rings (SSSR count). The van der Waals surface area contributed by atoms with Gasteiger partial charge in [-0.25, -0.2) is 0 Å². The van der Waals surface area contributed by atoms with Gasteiger partial charge in [-0.15, -0.1) is 6.58 Å². The van der Waals surface area contributed by atoms with Crippen molar-refractivity contribution in [1.29, 1.82) is 0 Å². The minimum Gasteiger partial charge on any atom is -0.374 e. The Kier molecular flexibility index (Phi) is 11.0. The van der Waals surface area contributed by atoms with Crippen LogP contribution in [-0.2, 0) is 48.2 Å². The van der Waals surface area contributed by atoms with Crippen molar-refractivity contribution in [2.45, 2.75) is 56.6 Å². The molecule has 6 heteroatoms. The lowest BCUT2D eigenvalue weighted by Crippen LogP contribution is -2.62. The van der Waals surface area contributed by atoms with Crippen molar-refractivity contribution in [3.8, 4) is 11.1 Å². The van der Waals surface area contributed by atoms with E-state index >= 15 is 0 Å². The van der Waals surface area contributed by atoms with Crippen molar-refractivity contribution in [2.75, 3.05) is 13.2 Å². The van der Waals surface area contributed by atoms with Crippen LogP contribution in [0.5, 0.6) is 0 Å². The molecule has 0 bridgehead atoms. The molecule has 1 saturated heterocycles. The lowest BCUT2D eigenvalue weighted by atomic mass is 9.97. The predicted octanol–water partition coefficient (Wildman–Crippen LogP) is 8.46. The maximum atomic E-state index is 7.19.